The van der Waals surface area contributed by atoms with Crippen molar-refractivity contribution in [3.8, 4) is 0 Å². The van der Waals surface area contributed by atoms with E-state index in [-0.39, 0.29) is 6.29 Å². The van der Waals surface area contributed by atoms with Crippen LogP contribution < -0.4 is 10.2 Å². The number of fused-ring (bicyclic) bond motifs is 1. The summed E-state index contributed by atoms with van der Waals surface area (Å²) in [6.07, 6.45) is 3.28. The maximum Gasteiger partial charge on any atom is 0.177 e. The van der Waals surface area contributed by atoms with Crippen molar-refractivity contribution in [1.82, 2.24) is 10.2 Å². The number of hydrogen-bond donors (Lipinski definition) is 1. The molecule has 1 unspecified atom stereocenters. The van der Waals surface area contributed by atoms with Crippen LogP contribution in [0.4, 0.5) is 5.69 Å². The van der Waals surface area contributed by atoms with Crippen LogP contribution >= 0.6 is 0 Å². The van der Waals surface area contributed by atoms with Gasteiger partial charge in [-0.3, -0.25) is 5.32 Å². The number of para-hydroxylation sites is 1. The summed E-state index contributed by atoms with van der Waals surface area (Å²) in [5.41, 5.74) is 3.94. The van der Waals surface area contributed by atoms with Gasteiger partial charge in [0, 0.05) is 25.0 Å². The first kappa shape index (κ1) is 12.2. The Balaban J connectivity index is 1.96. The van der Waals surface area contributed by atoms with Crippen LogP contribution in [0, 0.1) is 0 Å². The van der Waals surface area contributed by atoms with E-state index in [4.69, 9.17) is 4.99 Å². The van der Waals surface area contributed by atoms with Crippen LogP contribution in [0.5, 0.6) is 0 Å². The average molecular weight is 256 g/mol. The zero-order chi connectivity index (χ0) is 13.4. The summed E-state index contributed by atoms with van der Waals surface area (Å²) in [7, 11) is 4.00. The Bertz CT molecular complexity index is 547. The summed E-state index contributed by atoms with van der Waals surface area (Å²) in [5.74, 6) is 1.06. The van der Waals surface area contributed by atoms with E-state index in [0.717, 1.165) is 18.8 Å². The maximum atomic E-state index is 4.79. The van der Waals surface area contributed by atoms with E-state index >= 15 is 0 Å². The highest BCUT2D eigenvalue weighted by atomic mass is 15.4. The van der Waals surface area contributed by atoms with Crippen LogP contribution in [-0.4, -0.2) is 37.7 Å². The lowest BCUT2D eigenvalue weighted by atomic mass is 10.2. The Hall–Kier alpha value is -1.81. The van der Waals surface area contributed by atoms with E-state index in [9.17, 15) is 0 Å². The molecule has 1 aromatic rings. The number of hydrogen-bond acceptors (Lipinski definition) is 4. The third-order valence-electron chi connectivity index (χ3n) is 3.94. The van der Waals surface area contributed by atoms with Crippen molar-refractivity contribution in [3.05, 3.63) is 41.6 Å². The highest BCUT2D eigenvalue weighted by Crippen LogP contribution is 2.29. The summed E-state index contributed by atoms with van der Waals surface area (Å²) in [4.78, 5) is 9.25. The molecular weight excluding hydrogens is 236 g/mol. The lowest BCUT2D eigenvalue weighted by molar-refractivity contribution is 0.274. The molecule has 3 rings (SSSR count). The highest BCUT2D eigenvalue weighted by molar-refractivity contribution is 6.07. The second-order valence-electron chi connectivity index (χ2n) is 5.08. The van der Waals surface area contributed by atoms with Gasteiger partial charge >= 0.3 is 0 Å². The van der Waals surface area contributed by atoms with E-state index in [2.05, 4.69) is 59.4 Å². The van der Waals surface area contributed by atoms with E-state index in [1.807, 2.05) is 7.05 Å². The summed E-state index contributed by atoms with van der Waals surface area (Å²) < 4.78 is 0. The second kappa shape index (κ2) is 4.70. The predicted molar refractivity (Wildman–Crippen MR) is 79.3 cm³/mol. The van der Waals surface area contributed by atoms with Gasteiger partial charge in [-0.25, -0.2) is 4.99 Å². The molecule has 2 aliphatic rings. The second-order valence-corrected chi connectivity index (χ2v) is 5.08. The first-order valence-corrected chi connectivity index (χ1v) is 6.72. The Morgan fingerprint density at radius 2 is 2.11 bits per heavy atom. The molecular formula is C15H20N4. The minimum absolute atomic E-state index is 0.0211. The van der Waals surface area contributed by atoms with Crippen molar-refractivity contribution >= 4 is 11.5 Å². The number of aliphatic imine (C=N–C) groups is 1. The van der Waals surface area contributed by atoms with E-state index in [0.29, 0.717) is 0 Å². The molecule has 0 bridgehead atoms. The van der Waals surface area contributed by atoms with E-state index in [1.165, 1.54) is 16.9 Å². The van der Waals surface area contributed by atoms with Crippen LogP contribution in [0.15, 0.2) is 41.0 Å². The van der Waals surface area contributed by atoms with Gasteiger partial charge in [0.25, 0.3) is 0 Å². The molecule has 0 saturated heterocycles. The minimum Gasteiger partial charge on any atom is -0.344 e. The quantitative estimate of drug-likeness (QED) is 0.831. The molecule has 0 radical (unpaired) electrons. The van der Waals surface area contributed by atoms with Crippen LogP contribution in [0.2, 0.25) is 0 Å². The number of allylic oxidation sites excluding steroid dienone is 1. The largest absolute Gasteiger partial charge is 0.344 e. The molecule has 1 N–H and O–H groups in total. The molecule has 2 aliphatic heterocycles. The zero-order valence-electron chi connectivity index (χ0n) is 11.7. The maximum absolute atomic E-state index is 4.79. The van der Waals surface area contributed by atoms with E-state index in [1.54, 1.807) is 0 Å². The molecule has 4 nitrogen and oxygen atoms in total. The number of amidine groups is 1. The van der Waals surface area contributed by atoms with Gasteiger partial charge in [0.1, 0.15) is 5.84 Å². The lowest BCUT2D eigenvalue weighted by Gasteiger charge is -2.33. The molecule has 2 heterocycles. The Morgan fingerprint density at radius 1 is 1.32 bits per heavy atom. The number of nitrogens with one attached hydrogen (secondary N) is 1. The van der Waals surface area contributed by atoms with Crippen molar-refractivity contribution in [3.63, 3.8) is 0 Å². The van der Waals surface area contributed by atoms with Gasteiger partial charge in [0.15, 0.2) is 6.29 Å². The van der Waals surface area contributed by atoms with Crippen LogP contribution in [0.3, 0.4) is 0 Å². The minimum atomic E-state index is 0.0211. The normalized spacial score (nSPS) is 22.2. The van der Waals surface area contributed by atoms with Crippen molar-refractivity contribution in [2.75, 3.05) is 25.5 Å². The van der Waals surface area contributed by atoms with Gasteiger partial charge < -0.3 is 9.80 Å². The van der Waals surface area contributed by atoms with Gasteiger partial charge in [-0.2, -0.15) is 0 Å². The Labute approximate surface area is 114 Å². The molecule has 0 saturated carbocycles. The average Bonchev–Trinajstić information content (AvgIpc) is 2.85. The molecule has 0 fully saturated rings. The summed E-state index contributed by atoms with van der Waals surface area (Å²) in [6, 6.07) is 8.59. The monoisotopic (exact) mass is 256 g/mol. The van der Waals surface area contributed by atoms with Crippen molar-refractivity contribution < 1.29 is 0 Å². The first-order chi connectivity index (χ1) is 9.20. The van der Waals surface area contributed by atoms with Crippen LogP contribution in [-0.2, 0) is 6.42 Å². The first-order valence-electron chi connectivity index (χ1n) is 6.72. The topological polar surface area (TPSA) is 30.9 Å². The summed E-state index contributed by atoms with van der Waals surface area (Å²) in [6.45, 7) is 3.14. The molecule has 0 amide bonds. The summed E-state index contributed by atoms with van der Waals surface area (Å²) >= 11 is 0. The van der Waals surface area contributed by atoms with Crippen LogP contribution in [0.25, 0.3) is 0 Å². The predicted octanol–water partition coefficient (Wildman–Crippen LogP) is 1.80. The molecule has 0 aliphatic carbocycles. The fourth-order valence-electron chi connectivity index (χ4n) is 2.71. The fourth-order valence-corrected chi connectivity index (χ4v) is 2.71. The Morgan fingerprint density at radius 3 is 2.89 bits per heavy atom. The van der Waals surface area contributed by atoms with Crippen molar-refractivity contribution in [1.29, 1.82) is 0 Å². The van der Waals surface area contributed by atoms with Crippen molar-refractivity contribution in [2.24, 2.45) is 4.99 Å². The summed E-state index contributed by atoms with van der Waals surface area (Å²) in [5, 5.41) is 3.23. The molecule has 1 atom stereocenters. The van der Waals surface area contributed by atoms with Crippen LogP contribution in [0.1, 0.15) is 12.5 Å². The highest BCUT2D eigenvalue weighted by Gasteiger charge is 2.26. The number of rotatable bonds is 1. The fraction of sp³-hybridized carbons (Fsp3) is 0.400. The molecule has 1 aromatic carbocycles. The molecule has 0 aromatic heterocycles. The SMILES string of the molecule is CNC1N=C(N2CCc3ccccc32)C=C(C)N1C. The van der Waals surface area contributed by atoms with Gasteiger partial charge in [0.05, 0.1) is 0 Å². The molecule has 4 heteroatoms. The van der Waals surface area contributed by atoms with Gasteiger partial charge in [0.2, 0.25) is 0 Å². The number of benzene rings is 1. The van der Waals surface area contributed by atoms with Gasteiger partial charge in [-0.1, -0.05) is 18.2 Å². The molecule has 0 spiro atoms. The molecule has 19 heavy (non-hydrogen) atoms. The zero-order valence-corrected chi connectivity index (χ0v) is 11.7. The molecule has 100 valence electrons. The van der Waals surface area contributed by atoms with Gasteiger partial charge in [-0.15, -0.1) is 0 Å². The third kappa shape index (κ3) is 2.02. The van der Waals surface area contributed by atoms with E-state index < -0.39 is 0 Å². The Kier molecular flexibility index (Phi) is 3.03. The lowest BCUT2D eigenvalue weighted by Crippen LogP contribution is -2.44. The van der Waals surface area contributed by atoms with Gasteiger partial charge in [-0.05, 0) is 38.1 Å². The number of anilines is 1. The van der Waals surface area contributed by atoms with Crippen molar-refractivity contribution in [2.45, 2.75) is 19.6 Å². The number of nitrogens with zero attached hydrogens (tertiary/aromatic N) is 3. The third-order valence-corrected chi connectivity index (χ3v) is 3.94. The standard InChI is InChI=1S/C15H20N4/c1-11-10-14(17-15(16-2)18(11)3)19-9-8-12-6-4-5-7-13(12)19/h4-7,10,15-16H,8-9H2,1-3H3. The smallest absolute Gasteiger partial charge is 0.177 e.